The van der Waals surface area contributed by atoms with Crippen molar-refractivity contribution in [2.45, 2.75) is 26.2 Å². The van der Waals surface area contributed by atoms with E-state index in [1.165, 1.54) is 5.56 Å². The van der Waals surface area contributed by atoms with Crippen LogP contribution < -0.4 is 10.6 Å². The molecule has 3 aromatic rings. The van der Waals surface area contributed by atoms with Gasteiger partial charge in [0.05, 0.1) is 11.4 Å². The predicted molar refractivity (Wildman–Crippen MR) is 129 cm³/mol. The van der Waals surface area contributed by atoms with Gasteiger partial charge in [-0.2, -0.15) is 0 Å². The molecule has 0 unspecified atom stereocenters. The van der Waals surface area contributed by atoms with Crippen LogP contribution in [0.25, 0.3) is 11.1 Å². The van der Waals surface area contributed by atoms with Gasteiger partial charge in [0.25, 0.3) is 0 Å². The molecular formula is C25H30N4OS. The second-order valence-electron chi connectivity index (χ2n) is 8.13. The normalized spacial score (nSPS) is 14.5. The van der Waals surface area contributed by atoms with E-state index in [9.17, 15) is 4.79 Å². The Balaban J connectivity index is 1.28. The average Bonchev–Trinajstić information content (AvgIpc) is 3.23. The van der Waals surface area contributed by atoms with Crippen LogP contribution in [-0.2, 0) is 17.6 Å². The molecule has 1 fully saturated rings. The number of nitrogens with zero attached hydrogens (tertiary/aromatic N) is 2. The van der Waals surface area contributed by atoms with Crippen LogP contribution in [0.1, 0.15) is 23.2 Å². The number of hydrogen-bond donors (Lipinski definition) is 2. The minimum atomic E-state index is 0.0253. The molecule has 6 heteroatoms. The van der Waals surface area contributed by atoms with Gasteiger partial charge in [-0.3, -0.25) is 9.78 Å². The molecule has 1 aliphatic heterocycles. The van der Waals surface area contributed by atoms with E-state index in [-0.39, 0.29) is 5.91 Å². The number of piperazine rings is 1. The number of benzene rings is 1. The fourth-order valence-corrected chi connectivity index (χ4v) is 4.81. The Morgan fingerprint density at radius 2 is 1.97 bits per heavy atom. The molecule has 0 bridgehead atoms. The lowest BCUT2D eigenvalue weighted by molar-refractivity contribution is -0.115. The molecule has 1 amide bonds. The number of carbonyl (C=O) groups excluding carboxylic acids is 1. The average molecular weight is 435 g/mol. The second kappa shape index (κ2) is 10.7. The van der Waals surface area contributed by atoms with Crippen molar-refractivity contribution in [3.05, 3.63) is 70.9 Å². The van der Waals surface area contributed by atoms with Gasteiger partial charge in [0.15, 0.2) is 0 Å². The summed E-state index contributed by atoms with van der Waals surface area (Å²) in [7, 11) is 0. The standard InChI is InChI=1S/C25H30N4OS/c1-19-14-22(7-8-27-19)23-17-25(31-18-23)28-24(30)16-21-5-2-4-20(15-21)6-3-11-29-12-9-26-10-13-29/h2,4-5,7-8,14-15,17-18,26H,3,6,9-13,16H2,1H3,(H,28,30). The fourth-order valence-electron chi connectivity index (χ4n) is 3.98. The first-order chi connectivity index (χ1) is 15.2. The van der Waals surface area contributed by atoms with Gasteiger partial charge in [-0.15, -0.1) is 11.3 Å². The third kappa shape index (κ3) is 6.47. The molecule has 0 saturated carbocycles. The number of hydrogen-bond acceptors (Lipinski definition) is 5. The van der Waals surface area contributed by atoms with Crippen LogP contribution in [-0.4, -0.2) is 48.5 Å². The van der Waals surface area contributed by atoms with E-state index in [0.29, 0.717) is 6.42 Å². The Morgan fingerprint density at radius 1 is 1.13 bits per heavy atom. The Morgan fingerprint density at radius 3 is 2.81 bits per heavy atom. The van der Waals surface area contributed by atoms with Gasteiger partial charge in [0.1, 0.15) is 0 Å². The highest BCUT2D eigenvalue weighted by Crippen LogP contribution is 2.29. The van der Waals surface area contributed by atoms with Gasteiger partial charge < -0.3 is 15.5 Å². The van der Waals surface area contributed by atoms with Crippen LogP contribution in [0, 0.1) is 6.92 Å². The molecule has 1 aliphatic rings. The van der Waals surface area contributed by atoms with E-state index in [2.05, 4.69) is 50.2 Å². The van der Waals surface area contributed by atoms with Crippen LogP contribution in [0.3, 0.4) is 0 Å². The van der Waals surface area contributed by atoms with E-state index < -0.39 is 0 Å². The summed E-state index contributed by atoms with van der Waals surface area (Å²) < 4.78 is 0. The molecule has 162 valence electrons. The highest BCUT2D eigenvalue weighted by molar-refractivity contribution is 7.14. The molecule has 3 heterocycles. The highest BCUT2D eigenvalue weighted by atomic mass is 32.1. The Labute approximate surface area is 188 Å². The number of rotatable bonds is 8. The number of anilines is 1. The molecule has 2 N–H and O–H groups in total. The first-order valence-electron chi connectivity index (χ1n) is 11.0. The van der Waals surface area contributed by atoms with Crippen molar-refractivity contribution in [2.24, 2.45) is 0 Å². The number of aromatic nitrogens is 1. The van der Waals surface area contributed by atoms with Gasteiger partial charge in [0.2, 0.25) is 5.91 Å². The third-order valence-corrected chi connectivity index (χ3v) is 6.44. The maximum Gasteiger partial charge on any atom is 0.229 e. The van der Waals surface area contributed by atoms with E-state index in [1.807, 2.05) is 31.3 Å². The van der Waals surface area contributed by atoms with Crippen molar-refractivity contribution in [1.82, 2.24) is 15.2 Å². The van der Waals surface area contributed by atoms with E-state index in [1.54, 1.807) is 11.3 Å². The second-order valence-corrected chi connectivity index (χ2v) is 9.04. The fraction of sp³-hybridized carbons (Fsp3) is 0.360. The molecule has 0 aliphatic carbocycles. The molecule has 1 aromatic carbocycles. The Bertz CT molecular complexity index is 1010. The zero-order valence-electron chi connectivity index (χ0n) is 18.1. The quantitative estimate of drug-likeness (QED) is 0.560. The minimum Gasteiger partial charge on any atom is -0.317 e. The summed E-state index contributed by atoms with van der Waals surface area (Å²) in [6.45, 7) is 7.61. The maximum atomic E-state index is 12.6. The highest BCUT2D eigenvalue weighted by Gasteiger charge is 2.10. The summed E-state index contributed by atoms with van der Waals surface area (Å²) in [5.41, 5.74) is 5.60. The van der Waals surface area contributed by atoms with E-state index >= 15 is 0 Å². The van der Waals surface area contributed by atoms with Crippen LogP contribution in [0.15, 0.2) is 54.0 Å². The van der Waals surface area contributed by atoms with E-state index in [0.717, 1.165) is 73.0 Å². The summed E-state index contributed by atoms with van der Waals surface area (Å²) in [6.07, 6.45) is 4.42. The van der Waals surface area contributed by atoms with Gasteiger partial charge >= 0.3 is 0 Å². The van der Waals surface area contributed by atoms with Crippen molar-refractivity contribution in [3.8, 4) is 11.1 Å². The number of aryl methyl sites for hydroxylation is 2. The Kier molecular flexibility index (Phi) is 7.46. The lowest BCUT2D eigenvalue weighted by atomic mass is 10.0. The first-order valence-corrected chi connectivity index (χ1v) is 11.9. The van der Waals surface area contributed by atoms with Gasteiger partial charge in [-0.1, -0.05) is 24.3 Å². The summed E-state index contributed by atoms with van der Waals surface area (Å²) in [5.74, 6) is 0.0253. The van der Waals surface area contributed by atoms with Gasteiger partial charge in [-0.25, -0.2) is 0 Å². The summed E-state index contributed by atoms with van der Waals surface area (Å²) >= 11 is 1.56. The number of thiophene rings is 1. The molecule has 0 spiro atoms. The lowest BCUT2D eigenvalue weighted by Gasteiger charge is -2.27. The zero-order chi connectivity index (χ0) is 21.5. The Hall–Kier alpha value is -2.54. The SMILES string of the molecule is Cc1cc(-c2csc(NC(=O)Cc3cccc(CCCN4CCNCC4)c3)c2)ccn1. The monoisotopic (exact) mass is 434 g/mol. The number of pyridine rings is 1. The topological polar surface area (TPSA) is 57.3 Å². The summed E-state index contributed by atoms with van der Waals surface area (Å²) in [4.78, 5) is 19.4. The maximum absolute atomic E-state index is 12.6. The van der Waals surface area contributed by atoms with Crippen molar-refractivity contribution in [1.29, 1.82) is 0 Å². The van der Waals surface area contributed by atoms with Crippen LogP contribution in [0.2, 0.25) is 0 Å². The van der Waals surface area contributed by atoms with Crippen molar-refractivity contribution in [3.63, 3.8) is 0 Å². The summed E-state index contributed by atoms with van der Waals surface area (Å²) in [6, 6.07) is 14.5. The van der Waals surface area contributed by atoms with Crippen molar-refractivity contribution in [2.75, 3.05) is 38.0 Å². The largest absolute Gasteiger partial charge is 0.317 e. The van der Waals surface area contributed by atoms with Crippen molar-refractivity contribution >= 4 is 22.2 Å². The smallest absolute Gasteiger partial charge is 0.229 e. The third-order valence-electron chi connectivity index (χ3n) is 5.60. The van der Waals surface area contributed by atoms with Gasteiger partial charge in [0, 0.05) is 43.4 Å². The molecule has 31 heavy (non-hydrogen) atoms. The van der Waals surface area contributed by atoms with Crippen molar-refractivity contribution < 1.29 is 4.79 Å². The van der Waals surface area contributed by atoms with E-state index in [4.69, 9.17) is 0 Å². The first kappa shape index (κ1) is 21.7. The number of amides is 1. The van der Waals surface area contributed by atoms with Crippen LogP contribution in [0.5, 0.6) is 0 Å². The number of carbonyl (C=O) groups is 1. The molecule has 1 saturated heterocycles. The molecule has 5 nitrogen and oxygen atoms in total. The minimum absolute atomic E-state index is 0.0253. The molecule has 0 atom stereocenters. The van der Waals surface area contributed by atoms with Crippen LogP contribution in [0.4, 0.5) is 5.00 Å². The molecule has 2 aromatic heterocycles. The summed E-state index contributed by atoms with van der Waals surface area (Å²) in [5, 5.41) is 9.40. The zero-order valence-corrected chi connectivity index (χ0v) is 18.9. The number of nitrogens with one attached hydrogen (secondary N) is 2. The predicted octanol–water partition coefficient (Wildman–Crippen LogP) is 4.14. The molecule has 4 rings (SSSR count). The van der Waals surface area contributed by atoms with Gasteiger partial charge in [-0.05, 0) is 66.8 Å². The molecular weight excluding hydrogens is 404 g/mol. The van der Waals surface area contributed by atoms with Crippen LogP contribution >= 0.6 is 11.3 Å². The lowest BCUT2D eigenvalue weighted by Crippen LogP contribution is -2.43. The molecule has 0 radical (unpaired) electrons.